The second-order valence-electron chi connectivity index (χ2n) is 3.86. The van der Waals surface area contributed by atoms with E-state index in [2.05, 4.69) is 10.1 Å². The quantitative estimate of drug-likeness (QED) is 0.723. The van der Waals surface area contributed by atoms with Gasteiger partial charge in [0.1, 0.15) is 5.75 Å². The Balaban J connectivity index is 1.92. The fourth-order valence-corrected chi connectivity index (χ4v) is 2.38. The third-order valence-corrected chi connectivity index (χ3v) is 3.42. The van der Waals surface area contributed by atoms with Gasteiger partial charge in [-0.15, -0.1) is 11.3 Å². The van der Waals surface area contributed by atoms with Gasteiger partial charge in [-0.25, -0.2) is 0 Å². The number of hydrogen-bond donors (Lipinski definition) is 0. The molecule has 5 heteroatoms. The van der Waals surface area contributed by atoms with Crippen molar-refractivity contribution in [2.75, 3.05) is 6.61 Å². The Labute approximate surface area is 114 Å². The van der Waals surface area contributed by atoms with Crippen LogP contribution in [0, 0.1) is 0 Å². The predicted molar refractivity (Wildman–Crippen MR) is 74.2 cm³/mol. The van der Waals surface area contributed by atoms with E-state index >= 15 is 0 Å². The maximum Gasteiger partial charge on any atom is 0.268 e. The summed E-state index contributed by atoms with van der Waals surface area (Å²) < 4.78 is 10.7. The molecule has 0 radical (unpaired) electrons. The minimum absolute atomic E-state index is 0.548. The SMILES string of the molecule is CCOc1cccc(-c2noc(-c3cccs3)n2)c1. The summed E-state index contributed by atoms with van der Waals surface area (Å²) in [6, 6.07) is 11.6. The second kappa shape index (κ2) is 5.24. The molecule has 4 nitrogen and oxygen atoms in total. The fraction of sp³-hybridized carbons (Fsp3) is 0.143. The van der Waals surface area contributed by atoms with Crippen molar-refractivity contribution in [2.45, 2.75) is 6.92 Å². The normalized spacial score (nSPS) is 10.6. The first kappa shape index (κ1) is 11.9. The summed E-state index contributed by atoms with van der Waals surface area (Å²) in [5, 5.41) is 5.99. The van der Waals surface area contributed by atoms with Crippen LogP contribution in [0.15, 0.2) is 46.3 Å². The van der Waals surface area contributed by atoms with Crippen LogP contribution in [0.2, 0.25) is 0 Å². The first-order valence-corrected chi connectivity index (χ1v) is 6.85. The average Bonchev–Trinajstić information content (AvgIpc) is 3.11. The number of ether oxygens (including phenoxy) is 1. The van der Waals surface area contributed by atoms with Gasteiger partial charge in [-0.3, -0.25) is 0 Å². The summed E-state index contributed by atoms with van der Waals surface area (Å²) in [6.45, 7) is 2.59. The molecule has 2 heterocycles. The summed E-state index contributed by atoms with van der Waals surface area (Å²) in [7, 11) is 0. The Kier molecular flexibility index (Phi) is 3.29. The van der Waals surface area contributed by atoms with Crippen molar-refractivity contribution in [3.05, 3.63) is 41.8 Å². The molecule has 0 atom stereocenters. The number of aromatic nitrogens is 2. The first-order valence-electron chi connectivity index (χ1n) is 5.97. The molecule has 0 unspecified atom stereocenters. The molecule has 3 rings (SSSR count). The maximum atomic E-state index is 5.46. The van der Waals surface area contributed by atoms with E-state index in [1.807, 2.05) is 48.7 Å². The lowest BCUT2D eigenvalue weighted by Crippen LogP contribution is -1.91. The van der Waals surface area contributed by atoms with Crippen LogP contribution in [-0.4, -0.2) is 16.7 Å². The van der Waals surface area contributed by atoms with Crippen LogP contribution in [0.25, 0.3) is 22.2 Å². The summed E-state index contributed by atoms with van der Waals surface area (Å²) in [6.07, 6.45) is 0. The van der Waals surface area contributed by atoms with Gasteiger partial charge in [0.2, 0.25) is 5.82 Å². The summed E-state index contributed by atoms with van der Waals surface area (Å²) in [5.41, 5.74) is 0.887. The standard InChI is InChI=1S/C14H12N2O2S/c1-2-17-11-6-3-5-10(9-11)13-15-14(18-16-13)12-7-4-8-19-12/h3-9H,2H2,1H3. The Morgan fingerprint density at radius 1 is 1.26 bits per heavy atom. The zero-order valence-electron chi connectivity index (χ0n) is 10.4. The van der Waals surface area contributed by atoms with Gasteiger partial charge in [0.05, 0.1) is 11.5 Å². The monoisotopic (exact) mass is 272 g/mol. The van der Waals surface area contributed by atoms with E-state index in [4.69, 9.17) is 9.26 Å². The van der Waals surface area contributed by atoms with Gasteiger partial charge >= 0.3 is 0 Å². The molecule has 0 amide bonds. The van der Waals surface area contributed by atoms with Crippen LogP contribution in [0.4, 0.5) is 0 Å². The molecular weight excluding hydrogens is 260 g/mol. The Bertz CT molecular complexity index is 662. The van der Waals surface area contributed by atoms with Crippen molar-refractivity contribution < 1.29 is 9.26 Å². The number of nitrogens with zero attached hydrogens (tertiary/aromatic N) is 2. The first-order chi connectivity index (χ1) is 9.36. The molecule has 0 aliphatic rings. The van der Waals surface area contributed by atoms with Crippen molar-refractivity contribution >= 4 is 11.3 Å². The third kappa shape index (κ3) is 2.51. The number of benzene rings is 1. The van der Waals surface area contributed by atoms with Crippen LogP contribution in [0.5, 0.6) is 5.75 Å². The highest BCUT2D eigenvalue weighted by molar-refractivity contribution is 7.13. The topological polar surface area (TPSA) is 48.2 Å². The highest BCUT2D eigenvalue weighted by atomic mass is 32.1. The van der Waals surface area contributed by atoms with E-state index in [-0.39, 0.29) is 0 Å². The molecule has 2 aromatic heterocycles. The highest BCUT2D eigenvalue weighted by Gasteiger charge is 2.11. The molecule has 19 heavy (non-hydrogen) atoms. The zero-order chi connectivity index (χ0) is 13.1. The van der Waals surface area contributed by atoms with E-state index in [0.717, 1.165) is 16.2 Å². The lowest BCUT2D eigenvalue weighted by atomic mass is 10.2. The summed E-state index contributed by atoms with van der Waals surface area (Å²) >= 11 is 1.57. The molecule has 1 aromatic carbocycles. The van der Waals surface area contributed by atoms with Gasteiger partial charge in [0.15, 0.2) is 0 Å². The van der Waals surface area contributed by atoms with E-state index < -0.39 is 0 Å². The molecular formula is C14H12N2O2S. The molecule has 0 saturated heterocycles. The Morgan fingerprint density at radius 2 is 2.21 bits per heavy atom. The molecule has 3 aromatic rings. The van der Waals surface area contributed by atoms with Gasteiger partial charge in [-0.05, 0) is 30.5 Å². The molecule has 0 N–H and O–H groups in total. The summed E-state index contributed by atoms with van der Waals surface area (Å²) in [4.78, 5) is 5.37. The van der Waals surface area contributed by atoms with Crippen molar-refractivity contribution in [2.24, 2.45) is 0 Å². The van der Waals surface area contributed by atoms with Crippen LogP contribution in [0.1, 0.15) is 6.92 Å². The van der Waals surface area contributed by atoms with E-state index in [9.17, 15) is 0 Å². The molecule has 0 fully saturated rings. The van der Waals surface area contributed by atoms with E-state index in [0.29, 0.717) is 18.3 Å². The van der Waals surface area contributed by atoms with Crippen molar-refractivity contribution in [1.82, 2.24) is 10.1 Å². The van der Waals surface area contributed by atoms with Crippen LogP contribution < -0.4 is 4.74 Å². The molecule has 0 aliphatic carbocycles. The molecule has 0 aliphatic heterocycles. The molecule has 0 bridgehead atoms. The smallest absolute Gasteiger partial charge is 0.268 e. The highest BCUT2D eigenvalue weighted by Crippen LogP contribution is 2.27. The van der Waals surface area contributed by atoms with Crippen molar-refractivity contribution in [3.8, 4) is 27.9 Å². The van der Waals surface area contributed by atoms with Gasteiger partial charge in [0.25, 0.3) is 5.89 Å². The molecule has 0 spiro atoms. The lowest BCUT2D eigenvalue weighted by Gasteiger charge is -2.02. The summed E-state index contributed by atoms with van der Waals surface area (Å²) in [5.74, 6) is 1.93. The lowest BCUT2D eigenvalue weighted by molar-refractivity contribution is 0.340. The fourth-order valence-electron chi connectivity index (χ4n) is 1.73. The number of rotatable bonds is 4. The van der Waals surface area contributed by atoms with Crippen molar-refractivity contribution in [1.29, 1.82) is 0 Å². The van der Waals surface area contributed by atoms with Gasteiger partial charge < -0.3 is 9.26 Å². The van der Waals surface area contributed by atoms with Crippen LogP contribution in [0.3, 0.4) is 0 Å². The van der Waals surface area contributed by atoms with Gasteiger partial charge in [0, 0.05) is 5.56 Å². The zero-order valence-corrected chi connectivity index (χ0v) is 11.2. The molecule has 96 valence electrons. The Hall–Kier alpha value is -2.14. The molecule has 0 saturated carbocycles. The van der Waals surface area contributed by atoms with Gasteiger partial charge in [-0.2, -0.15) is 4.98 Å². The largest absolute Gasteiger partial charge is 0.494 e. The minimum Gasteiger partial charge on any atom is -0.494 e. The van der Waals surface area contributed by atoms with E-state index in [1.165, 1.54) is 0 Å². The van der Waals surface area contributed by atoms with Crippen molar-refractivity contribution in [3.63, 3.8) is 0 Å². The van der Waals surface area contributed by atoms with Crippen LogP contribution in [-0.2, 0) is 0 Å². The van der Waals surface area contributed by atoms with E-state index in [1.54, 1.807) is 11.3 Å². The van der Waals surface area contributed by atoms with Crippen LogP contribution >= 0.6 is 11.3 Å². The van der Waals surface area contributed by atoms with Gasteiger partial charge in [-0.1, -0.05) is 23.4 Å². The second-order valence-corrected chi connectivity index (χ2v) is 4.81. The number of thiophene rings is 1. The Morgan fingerprint density at radius 3 is 3.00 bits per heavy atom. The predicted octanol–water partition coefficient (Wildman–Crippen LogP) is 3.86. The average molecular weight is 272 g/mol. The number of hydrogen-bond acceptors (Lipinski definition) is 5. The minimum atomic E-state index is 0.548. The maximum absolute atomic E-state index is 5.46. The third-order valence-electron chi connectivity index (χ3n) is 2.56.